The zero-order chi connectivity index (χ0) is 10.9. The molecule has 1 aliphatic carbocycles. The summed E-state index contributed by atoms with van der Waals surface area (Å²) in [6.07, 6.45) is 4.29. The van der Waals surface area contributed by atoms with Gasteiger partial charge in [0.2, 0.25) is 0 Å². The van der Waals surface area contributed by atoms with Crippen LogP contribution in [0.1, 0.15) is 39.5 Å². The maximum Gasteiger partial charge on any atom is 0.309 e. The molecule has 1 saturated carbocycles. The van der Waals surface area contributed by atoms with E-state index in [1.54, 1.807) is 0 Å². The van der Waals surface area contributed by atoms with Gasteiger partial charge in [0.05, 0.1) is 5.92 Å². The second-order valence-electron chi connectivity index (χ2n) is 5.32. The molecule has 3 heteroatoms. The van der Waals surface area contributed by atoms with Gasteiger partial charge in [-0.05, 0) is 52.6 Å². The Morgan fingerprint density at radius 1 is 1.20 bits per heavy atom. The van der Waals surface area contributed by atoms with Crippen molar-refractivity contribution in [3.63, 3.8) is 0 Å². The third-order valence-electron chi connectivity index (χ3n) is 3.60. The normalized spacial score (nSPS) is 23.9. The van der Waals surface area contributed by atoms with Crippen molar-refractivity contribution in [1.29, 1.82) is 0 Å². The van der Waals surface area contributed by atoms with Crippen molar-refractivity contribution in [2.24, 2.45) is 11.8 Å². The number of hydrogen-bond donors (Lipinski definition) is 1. The molecule has 2 aliphatic rings. The van der Waals surface area contributed by atoms with Gasteiger partial charge in [0, 0.05) is 5.92 Å². The van der Waals surface area contributed by atoms with Gasteiger partial charge < -0.3 is 10.1 Å². The number of nitrogens with one attached hydrogen (secondary N) is 1. The minimum absolute atomic E-state index is 0.0264. The van der Waals surface area contributed by atoms with Gasteiger partial charge in [-0.15, -0.1) is 0 Å². The van der Waals surface area contributed by atoms with Gasteiger partial charge in [-0.3, -0.25) is 4.79 Å². The van der Waals surface area contributed by atoms with Gasteiger partial charge in [-0.1, -0.05) is 0 Å². The number of carbonyl (C=O) groups is 1. The van der Waals surface area contributed by atoms with Gasteiger partial charge >= 0.3 is 5.97 Å². The predicted octanol–water partition coefficient (Wildman–Crippen LogP) is 1.72. The average molecular weight is 211 g/mol. The van der Waals surface area contributed by atoms with Crippen LogP contribution in [-0.4, -0.2) is 24.7 Å². The van der Waals surface area contributed by atoms with Crippen molar-refractivity contribution in [3.05, 3.63) is 0 Å². The minimum Gasteiger partial charge on any atom is -0.459 e. The lowest BCUT2D eigenvalue weighted by atomic mass is 9.83. The zero-order valence-corrected chi connectivity index (χ0v) is 9.71. The Kier molecular flexibility index (Phi) is 3.01. The molecule has 0 spiro atoms. The van der Waals surface area contributed by atoms with Crippen LogP contribution in [0.5, 0.6) is 0 Å². The number of esters is 1. The molecule has 1 N–H and O–H groups in total. The van der Waals surface area contributed by atoms with Gasteiger partial charge in [-0.2, -0.15) is 0 Å². The lowest BCUT2D eigenvalue weighted by Crippen LogP contribution is -2.43. The van der Waals surface area contributed by atoms with Gasteiger partial charge in [0.25, 0.3) is 0 Å². The average Bonchev–Trinajstić information content (AvgIpc) is 3.01. The van der Waals surface area contributed by atoms with Gasteiger partial charge in [-0.25, -0.2) is 0 Å². The fourth-order valence-corrected chi connectivity index (χ4v) is 2.26. The van der Waals surface area contributed by atoms with Crippen LogP contribution < -0.4 is 5.32 Å². The molecule has 15 heavy (non-hydrogen) atoms. The SMILES string of the molecule is CC(C)(OC(=O)C1CC1)C1CCNCC1. The third-order valence-corrected chi connectivity index (χ3v) is 3.60. The maximum absolute atomic E-state index is 11.6. The van der Waals surface area contributed by atoms with Crippen molar-refractivity contribution >= 4 is 5.97 Å². The van der Waals surface area contributed by atoms with E-state index < -0.39 is 0 Å². The Morgan fingerprint density at radius 3 is 2.33 bits per heavy atom. The highest BCUT2D eigenvalue weighted by Crippen LogP contribution is 2.35. The van der Waals surface area contributed by atoms with E-state index in [0.29, 0.717) is 5.92 Å². The largest absolute Gasteiger partial charge is 0.459 e. The number of hydrogen-bond acceptors (Lipinski definition) is 3. The summed E-state index contributed by atoms with van der Waals surface area (Å²) in [5, 5.41) is 3.33. The number of rotatable bonds is 3. The van der Waals surface area contributed by atoms with Crippen molar-refractivity contribution < 1.29 is 9.53 Å². The van der Waals surface area contributed by atoms with Crippen LogP contribution in [0.25, 0.3) is 0 Å². The summed E-state index contributed by atoms with van der Waals surface area (Å²) in [5.41, 5.74) is -0.276. The molecular formula is C12H21NO2. The minimum atomic E-state index is -0.276. The van der Waals surface area contributed by atoms with Crippen LogP contribution in [0.4, 0.5) is 0 Å². The lowest BCUT2D eigenvalue weighted by molar-refractivity contribution is -0.164. The molecule has 2 fully saturated rings. The molecule has 1 aliphatic heterocycles. The van der Waals surface area contributed by atoms with Crippen LogP contribution in [0.2, 0.25) is 0 Å². The summed E-state index contributed by atoms with van der Waals surface area (Å²) in [5.74, 6) is 0.756. The number of ether oxygens (including phenoxy) is 1. The molecule has 0 aromatic heterocycles. The summed E-state index contributed by atoms with van der Waals surface area (Å²) in [7, 11) is 0. The Labute approximate surface area is 91.6 Å². The molecule has 0 aromatic rings. The molecule has 1 heterocycles. The van der Waals surface area contributed by atoms with E-state index >= 15 is 0 Å². The van der Waals surface area contributed by atoms with E-state index in [2.05, 4.69) is 19.2 Å². The first-order valence-corrected chi connectivity index (χ1v) is 6.03. The van der Waals surface area contributed by atoms with Crippen molar-refractivity contribution in [2.75, 3.05) is 13.1 Å². The zero-order valence-electron chi connectivity index (χ0n) is 9.71. The molecule has 0 bridgehead atoms. The van der Waals surface area contributed by atoms with Crippen LogP contribution >= 0.6 is 0 Å². The van der Waals surface area contributed by atoms with Crippen LogP contribution in [0.3, 0.4) is 0 Å². The van der Waals surface area contributed by atoms with Crippen LogP contribution in [0, 0.1) is 11.8 Å². The Bertz CT molecular complexity index is 240. The second kappa shape index (κ2) is 4.12. The monoisotopic (exact) mass is 211 g/mol. The van der Waals surface area contributed by atoms with E-state index in [1.807, 2.05) is 0 Å². The first-order chi connectivity index (χ1) is 7.09. The highest BCUT2D eigenvalue weighted by molar-refractivity contribution is 5.75. The van der Waals surface area contributed by atoms with Gasteiger partial charge in [0.15, 0.2) is 0 Å². The molecule has 0 atom stereocenters. The molecule has 0 unspecified atom stereocenters. The molecule has 3 nitrogen and oxygen atoms in total. The van der Waals surface area contributed by atoms with Crippen LogP contribution in [0.15, 0.2) is 0 Å². The van der Waals surface area contributed by atoms with E-state index in [-0.39, 0.29) is 17.5 Å². The van der Waals surface area contributed by atoms with Crippen molar-refractivity contribution in [3.8, 4) is 0 Å². The third kappa shape index (κ3) is 2.71. The Morgan fingerprint density at radius 2 is 1.80 bits per heavy atom. The highest BCUT2D eigenvalue weighted by atomic mass is 16.6. The molecule has 0 amide bonds. The van der Waals surface area contributed by atoms with E-state index in [0.717, 1.165) is 38.8 Å². The van der Waals surface area contributed by atoms with E-state index in [4.69, 9.17) is 4.74 Å². The fraction of sp³-hybridized carbons (Fsp3) is 0.917. The molecule has 0 aromatic carbocycles. The van der Waals surface area contributed by atoms with Crippen LogP contribution in [-0.2, 0) is 9.53 Å². The Hall–Kier alpha value is -0.570. The van der Waals surface area contributed by atoms with E-state index in [9.17, 15) is 4.79 Å². The van der Waals surface area contributed by atoms with Crippen molar-refractivity contribution in [2.45, 2.75) is 45.1 Å². The predicted molar refractivity (Wildman–Crippen MR) is 58.5 cm³/mol. The summed E-state index contributed by atoms with van der Waals surface area (Å²) >= 11 is 0. The molecular weight excluding hydrogens is 190 g/mol. The topological polar surface area (TPSA) is 38.3 Å². The number of carbonyl (C=O) groups excluding carboxylic acids is 1. The fourth-order valence-electron chi connectivity index (χ4n) is 2.26. The van der Waals surface area contributed by atoms with Crippen molar-refractivity contribution in [1.82, 2.24) is 5.32 Å². The quantitative estimate of drug-likeness (QED) is 0.722. The first kappa shape index (κ1) is 10.9. The van der Waals surface area contributed by atoms with E-state index in [1.165, 1.54) is 0 Å². The molecule has 2 rings (SSSR count). The lowest BCUT2D eigenvalue weighted by Gasteiger charge is -2.36. The first-order valence-electron chi connectivity index (χ1n) is 6.03. The molecule has 0 radical (unpaired) electrons. The summed E-state index contributed by atoms with van der Waals surface area (Å²) < 4.78 is 5.63. The Balaban J connectivity index is 1.88. The molecule has 1 saturated heterocycles. The van der Waals surface area contributed by atoms with Gasteiger partial charge in [0.1, 0.15) is 5.60 Å². The summed E-state index contributed by atoms with van der Waals surface area (Å²) in [6, 6.07) is 0. The highest BCUT2D eigenvalue weighted by Gasteiger charge is 2.39. The standard InChI is InChI=1S/C12H21NO2/c1-12(2,10-5-7-13-8-6-10)15-11(14)9-3-4-9/h9-10,13H,3-8H2,1-2H3. The molecule has 86 valence electrons. The maximum atomic E-state index is 11.6. The number of piperidine rings is 1. The summed E-state index contributed by atoms with van der Waals surface area (Å²) in [4.78, 5) is 11.6. The smallest absolute Gasteiger partial charge is 0.309 e. The second-order valence-corrected chi connectivity index (χ2v) is 5.32. The summed E-state index contributed by atoms with van der Waals surface area (Å²) in [6.45, 7) is 6.22.